The van der Waals surface area contributed by atoms with E-state index in [-0.39, 0.29) is 5.91 Å². The largest absolute Gasteiger partial charge is 0.497 e. The van der Waals surface area contributed by atoms with Gasteiger partial charge in [0, 0.05) is 20.7 Å². The predicted molar refractivity (Wildman–Crippen MR) is 98.6 cm³/mol. The molecule has 0 saturated carbocycles. The van der Waals surface area contributed by atoms with E-state index in [1.807, 2.05) is 24.3 Å². The smallest absolute Gasteiger partial charge is 0.325 e. The minimum Gasteiger partial charge on any atom is -0.497 e. The quantitative estimate of drug-likeness (QED) is 0.528. The Hall–Kier alpha value is -3.14. The molecule has 3 rings (SSSR count). The topological polar surface area (TPSA) is 108 Å². The summed E-state index contributed by atoms with van der Waals surface area (Å²) in [5.41, 5.74) is 3.74. The third kappa shape index (κ3) is 3.85. The number of nitrogens with one attached hydrogen (secondary N) is 2. The Morgan fingerprint density at radius 3 is 2.70 bits per heavy atom. The van der Waals surface area contributed by atoms with Crippen molar-refractivity contribution in [3.63, 3.8) is 0 Å². The normalized spacial score (nSPS) is 22.0. The van der Waals surface area contributed by atoms with Gasteiger partial charge in [-0.2, -0.15) is 5.10 Å². The van der Waals surface area contributed by atoms with Crippen LogP contribution in [0.25, 0.3) is 0 Å². The molecule has 0 aliphatic carbocycles. The van der Waals surface area contributed by atoms with Crippen LogP contribution >= 0.6 is 0 Å². The van der Waals surface area contributed by atoms with Gasteiger partial charge in [0.05, 0.1) is 19.9 Å². The van der Waals surface area contributed by atoms with Gasteiger partial charge in [0.2, 0.25) is 5.96 Å². The fourth-order valence-electron chi connectivity index (χ4n) is 2.91. The van der Waals surface area contributed by atoms with Gasteiger partial charge in [0.1, 0.15) is 5.75 Å². The lowest BCUT2D eigenvalue weighted by molar-refractivity contribution is -0.127. The molecular formula is C17H22N6O4. The molecule has 10 heteroatoms. The minimum absolute atomic E-state index is 0.390. The van der Waals surface area contributed by atoms with E-state index < -0.39 is 18.2 Å². The van der Waals surface area contributed by atoms with Gasteiger partial charge in [-0.15, -0.1) is 0 Å². The Morgan fingerprint density at radius 1 is 1.30 bits per heavy atom. The number of likely N-dealkylation sites (N-methyl/N-ethyl adjacent to an activating group) is 1. The number of guanidine groups is 1. The van der Waals surface area contributed by atoms with Gasteiger partial charge >= 0.3 is 6.03 Å². The Kier molecular flexibility index (Phi) is 5.55. The number of benzene rings is 1. The lowest BCUT2D eigenvalue weighted by Gasteiger charge is -2.35. The second-order valence-electron chi connectivity index (χ2n) is 6.05. The van der Waals surface area contributed by atoms with E-state index in [0.717, 1.165) is 11.3 Å². The van der Waals surface area contributed by atoms with Gasteiger partial charge in [-0.1, -0.05) is 0 Å². The van der Waals surface area contributed by atoms with Gasteiger partial charge in [0.15, 0.2) is 12.2 Å². The Morgan fingerprint density at radius 2 is 2.04 bits per heavy atom. The zero-order valence-corrected chi connectivity index (χ0v) is 15.4. The van der Waals surface area contributed by atoms with Crippen LogP contribution in [0.5, 0.6) is 5.75 Å². The minimum atomic E-state index is -0.624. The SMILES string of the molecule is COCCN1C(N/N=C/c2ccc(OC)cc2)=NC2C1C(=O)NC(=O)N2C. The number of methoxy groups -OCH3 is 2. The zero-order valence-electron chi connectivity index (χ0n) is 15.4. The van der Waals surface area contributed by atoms with Crippen molar-refractivity contribution < 1.29 is 19.1 Å². The van der Waals surface area contributed by atoms with Crippen LogP contribution in [0.15, 0.2) is 34.4 Å². The number of hydrogen-bond acceptors (Lipinski definition) is 8. The number of carbonyl (C=O) groups is 2. The van der Waals surface area contributed by atoms with E-state index in [1.54, 1.807) is 32.4 Å². The first-order chi connectivity index (χ1) is 13.0. The number of urea groups is 1. The lowest BCUT2D eigenvalue weighted by Crippen LogP contribution is -2.64. The van der Waals surface area contributed by atoms with E-state index >= 15 is 0 Å². The second kappa shape index (κ2) is 8.04. The van der Waals surface area contributed by atoms with Crippen LogP contribution in [-0.2, 0) is 9.53 Å². The van der Waals surface area contributed by atoms with Crippen molar-refractivity contribution in [1.29, 1.82) is 0 Å². The molecule has 27 heavy (non-hydrogen) atoms. The summed E-state index contributed by atoms with van der Waals surface area (Å²) in [4.78, 5) is 31.8. The third-order valence-corrected chi connectivity index (χ3v) is 4.39. The molecule has 2 atom stereocenters. The molecule has 2 aliphatic heterocycles. The van der Waals surface area contributed by atoms with Crippen LogP contribution in [0.3, 0.4) is 0 Å². The van der Waals surface area contributed by atoms with Crippen LogP contribution in [0.4, 0.5) is 4.79 Å². The van der Waals surface area contributed by atoms with E-state index in [0.29, 0.717) is 19.1 Å². The van der Waals surface area contributed by atoms with Crippen molar-refractivity contribution in [2.75, 3.05) is 34.4 Å². The molecule has 0 aromatic heterocycles. The first kappa shape index (κ1) is 18.6. The Bertz CT molecular complexity index is 763. The van der Waals surface area contributed by atoms with Crippen molar-refractivity contribution in [2.24, 2.45) is 10.1 Å². The number of carbonyl (C=O) groups excluding carboxylic acids is 2. The van der Waals surface area contributed by atoms with Gasteiger partial charge in [-0.05, 0) is 29.8 Å². The van der Waals surface area contributed by atoms with Gasteiger partial charge in [-0.3, -0.25) is 10.1 Å². The highest BCUT2D eigenvalue weighted by Crippen LogP contribution is 2.23. The standard InChI is InChI=1S/C17H22N6O4/c1-22-14-13(15(24)20-17(22)25)23(8-9-26-2)16(19-14)21-18-10-11-4-6-12(27-3)7-5-11/h4-7,10,13-14H,8-9H2,1-3H3,(H,19,21)(H,20,24,25)/b18-10+. The molecule has 3 amide bonds. The molecule has 0 radical (unpaired) electrons. The molecule has 2 N–H and O–H groups in total. The summed E-state index contributed by atoms with van der Waals surface area (Å²) in [7, 11) is 4.78. The van der Waals surface area contributed by atoms with Crippen molar-refractivity contribution >= 4 is 24.1 Å². The third-order valence-electron chi connectivity index (χ3n) is 4.39. The molecular weight excluding hydrogens is 352 g/mol. The van der Waals surface area contributed by atoms with Crippen molar-refractivity contribution in [3.05, 3.63) is 29.8 Å². The maximum Gasteiger partial charge on any atom is 0.325 e. The maximum atomic E-state index is 12.3. The molecule has 0 spiro atoms. The van der Waals surface area contributed by atoms with E-state index in [2.05, 4.69) is 20.8 Å². The number of hydrogen-bond donors (Lipinski definition) is 2. The number of ether oxygens (including phenoxy) is 2. The van der Waals surface area contributed by atoms with Crippen molar-refractivity contribution in [3.8, 4) is 5.75 Å². The van der Waals surface area contributed by atoms with Crippen molar-refractivity contribution in [1.82, 2.24) is 20.5 Å². The van der Waals surface area contributed by atoms with Crippen LogP contribution in [-0.4, -0.2) is 80.5 Å². The van der Waals surface area contributed by atoms with Crippen LogP contribution in [0.2, 0.25) is 0 Å². The summed E-state index contributed by atoms with van der Waals surface area (Å²) in [5.74, 6) is 0.774. The molecule has 0 bridgehead atoms. The molecule has 1 saturated heterocycles. The molecule has 1 aromatic rings. The highest BCUT2D eigenvalue weighted by atomic mass is 16.5. The average molecular weight is 374 g/mol. The number of hydrazone groups is 1. The lowest BCUT2D eigenvalue weighted by atomic mass is 10.1. The summed E-state index contributed by atoms with van der Waals surface area (Å²) in [6.45, 7) is 0.827. The molecule has 2 aliphatic rings. The number of amides is 3. The molecule has 2 heterocycles. The highest BCUT2D eigenvalue weighted by molar-refractivity contribution is 6.03. The highest BCUT2D eigenvalue weighted by Gasteiger charge is 2.48. The van der Waals surface area contributed by atoms with Gasteiger partial charge in [-0.25, -0.2) is 15.2 Å². The second-order valence-corrected chi connectivity index (χ2v) is 6.05. The number of aliphatic imine (C=N–C) groups is 1. The molecule has 10 nitrogen and oxygen atoms in total. The summed E-state index contributed by atoms with van der Waals surface area (Å²) >= 11 is 0. The molecule has 2 unspecified atom stereocenters. The van der Waals surface area contributed by atoms with Gasteiger partial charge < -0.3 is 19.3 Å². The molecule has 144 valence electrons. The summed E-state index contributed by atoms with van der Waals surface area (Å²) in [6.07, 6.45) is 1.02. The predicted octanol–water partition coefficient (Wildman–Crippen LogP) is -0.187. The molecule has 1 aromatic carbocycles. The fraction of sp³-hybridized carbons (Fsp3) is 0.412. The van der Waals surface area contributed by atoms with E-state index in [4.69, 9.17) is 9.47 Å². The van der Waals surface area contributed by atoms with Crippen LogP contribution in [0, 0.1) is 0 Å². The summed E-state index contributed by atoms with van der Waals surface area (Å²) < 4.78 is 10.2. The molecule has 1 fully saturated rings. The first-order valence-electron chi connectivity index (χ1n) is 8.39. The number of nitrogens with zero attached hydrogens (tertiary/aromatic N) is 4. The Labute approximate surface area is 156 Å². The van der Waals surface area contributed by atoms with Crippen LogP contribution < -0.4 is 15.5 Å². The fourth-order valence-corrected chi connectivity index (χ4v) is 2.91. The zero-order chi connectivity index (χ0) is 19.4. The maximum absolute atomic E-state index is 12.3. The first-order valence-corrected chi connectivity index (χ1v) is 8.39. The number of fused-ring (bicyclic) bond motifs is 1. The summed E-state index contributed by atoms with van der Waals surface area (Å²) in [5, 5.41) is 6.53. The monoisotopic (exact) mass is 374 g/mol. The number of rotatable bonds is 6. The van der Waals surface area contributed by atoms with E-state index in [1.165, 1.54) is 4.90 Å². The Balaban J connectivity index is 1.75. The summed E-state index contributed by atoms with van der Waals surface area (Å²) in [6, 6.07) is 6.30. The number of imide groups is 1. The van der Waals surface area contributed by atoms with Crippen LogP contribution in [0.1, 0.15) is 5.56 Å². The average Bonchev–Trinajstić information content (AvgIpc) is 3.04. The van der Waals surface area contributed by atoms with Crippen molar-refractivity contribution in [2.45, 2.75) is 12.2 Å². The van der Waals surface area contributed by atoms with E-state index in [9.17, 15) is 9.59 Å². The van der Waals surface area contributed by atoms with Gasteiger partial charge in [0.25, 0.3) is 5.91 Å².